The van der Waals surface area contributed by atoms with Crippen molar-refractivity contribution in [2.45, 2.75) is 37.4 Å². The molecule has 1 aliphatic carbocycles. The lowest BCUT2D eigenvalue weighted by molar-refractivity contribution is -0.0780. The molecule has 1 aliphatic rings. The number of aliphatic hydroxyl groups excluding tert-OH is 1. The molecule has 0 saturated heterocycles. The van der Waals surface area contributed by atoms with E-state index in [1.165, 1.54) is 0 Å². The summed E-state index contributed by atoms with van der Waals surface area (Å²) < 4.78 is 5.33. The van der Waals surface area contributed by atoms with Crippen LogP contribution in [0.25, 0.3) is 0 Å². The third-order valence-electron chi connectivity index (χ3n) is 2.62. The van der Waals surface area contributed by atoms with Gasteiger partial charge < -0.3 is 9.84 Å². The summed E-state index contributed by atoms with van der Waals surface area (Å²) in [4.78, 5) is 0. The Balaban J connectivity index is 2.65. The van der Waals surface area contributed by atoms with Crippen molar-refractivity contribution in [1.82, 2.24) is 0 Å². The van der Waals surface area contributed by atoms with Crippen molar-refractivity contribution in [2.24, 2.45) is 0 Å². The van der Waals surface area contributed by atoms with Crippen LogP contribution in [0, 0.1) is 0 Å². The highest BCUT2D eigenvalue weighted by Gasteiger charge is 2.39. The topological polar surface area (TPSA) is 29.5 Å². The molecule has 2 heteroatoms. The molecule has 1 saturated carbocycles. The van der Waals surface area contributed by atoms with Gasteiger partial charge in [0.1, 0.15) is 6.10 Å². The number of aliphatic hydroxyl groups is 1. The summed E-state index contributed by atoms with van der Waals surface area (Å²) in [6.07, 6.45) is 5.27. The molecule has 0 radical (unpaired) electrons. The number of rotatable bonds is 3. The molecule has 1 unspecified atom stereocenters. The average Bonchev–Trinajstić information content (AvgIpc) is 2.52. The normalized spacial score (nSPS) is 24.9. The van der Waals surface area contributed by atoms with Crippen LogP contribution in [0.1, 0.15) is 25.7 Å². The van der Waals surface area contributed by atoms with Crippen molar-refractivity contribution in [2.75, 3.05) is 7.11 Å². The summed E-state index contributed by atoms with van der Waals surface area (Å²) in [7, 11) is 1.66. The minimum atomic E-state index is -0.505. The van der Waals surface area contributed by atoms with Gasteiger partial charge in [0.15, 0.2) is 0 Å². The Morgan fingerprint density at radius 1 is 1.55 bits per heavy atom. The van der Waals surface area contributed by atoms with Crippen molar-refractivity contribution in [3.63, 3.8) is 0 Å². The summed E-state index contributed by atoms with van der Waals surface area (Å²) in [6, 6.07) is 0. The molecule has 0 bridgehead atoms. The standard InChI is InChI=1S/C9H16O2/c1-3-8(10)9(11-2)6-4-5-7-9/h3,8,10H,1,4-7H2,2H3. The minimum absolute atomic E-state index is 0.318. The highest BCUT2D eigenvalue weighted by molar-refractivity contribution is 5.00. The molecule has 0 aromatic carbocycles. The first-order valence-electron chi connectivity index (χ1n) is 4.11. The van der Waals surface area contributed by atoms with Gasteiger partial charge in [0.2, 0.25) is 0 Å². The maximum Gasteiger partial charge on any atom is 0.101 e. The monoisotopic (exact) mass is 156 g/mol. The van der Waals surface area contributed by atoms with Gasteiger partial charge in [-0.2, -0.15) is 0 Å². The molecule has 0 spiro atoms. The lowest BCUT2D eigenvalue weighted by Crippen LogP contribution is -2.40. The van der Waals surface area contributed by atoms with Crippen LogP contribution in [0.4, 0.5) is 0 Å². The van der Waals surface area contributed by atoms with Crippen molar-refractivity contribution >= 4 is 0 Å². The fourth-order valence-corrected chi connectivity index (χ4v) is 1.81. The number of hydrogen-bond acceptors (Lipinski definition) is 2. The molecule has 1 atom stereocenters. The molecule has 1 fully saturated rings. The maximum atomic E-state index is 9.57. The van der Waals surface area contributed by atoms with Crippen molar-refractivity contribution in [1.29, 1.82) is 0 Å². The first-order chi connectivity index (χ1) is 5.25. The van der Waals surface area contributed by atoms with E-state index < -0.39 is 6.10 Å². The first-order valence-corrected chi connectivity index (χ1v) is 4.11. The van der Waals surface area contributed by atoms with E-state index in [1.807, 2.05) is 0 Å². The Hall–Kier alpha value is -0.340. The number of methoxy groups -OCH3 is 1. The van der Waals surface area contributed by atoms with Crippen molar-refractivity contribution < 1.29 is 9.84 Å². The highest BCUT2D eigenvalue weighted by atomic mass is 16.5. The Morgan fingerprint density at radius 2 is 2.09 bits per heavy atom. The fraction of sp³-hybridized carbons (Fsp3) is 0.778. The zero-order valence-corrected chi connectivity index (χ0v) is 7.05. The average molecular weight is 156 g/mol. The zero-order chi connectivity index (χ0) is 8.32. The molecule has 0 aromatic heterocycles. The molecule has 0 amide bonds. The molecule has 2 nitrogen and oxygen atoms in total. The van der Waals surface area contributed by atoms with Crippen LogP contribution in [-0.2, 0) is 4.74 Å². The first kappa shape index (κ1) is 8.75. The molecular weight excluding hydrogens is 140 g/mol. The van der Waals surface area contributed by atoms with Crippen LogP contribution in [0.5, 0.6) is 0 Å². The third-order valence-corrected chi connectivity index (χ3v) is 2.62. The van der Waals surface area contributed by atoms with Gasteiger partial charge in [0, 0.05) is 7.11 Å². The van der Waals surface area contributed by atoms with E-state index >= 15 is 0 Å². The SMILES string of the molecule is C=CC(O)C1(OC)CCCC1. The van der Waals surface area contributed by atoms with Crippen molar-refractivity contribution in [3.05, 3.63) is 12.7 Å². The Labute approximate surface area is 67.9 Å². The summed E-state index contributed by atoms with van der Waals surface area (Å²) in [6.45, 7) is 3.57. The van der Waals surface area contributed by atoms with Gasteiger partial charge in [-0.25, -0.2) is 0 Å². The van der Waals surface area contributed by atoms with Crippen LogP contribution in [0.2, 0.25) is 0 Å². The van der Waals surface area contributed by atoms with E-state index in [-0.39, 0.29) is 5.60 Å². The molecule has 0 heterocycles. The summed E-state index contributed by atoms with van der Waals surface area (Å²) in [5.41, 5.74) is -0.318. The van der Waals surface area contributed by atoms with Gasteiger partial charge in [-0.05, 0) is 12.8 Å². The van der Waals surface area contributed by atoms with E-state index in [1.54, 1.807) is 13.2 Å². The molecule has 0 aromatic rings. The zero-order valence-electron chi connectivity index (χ0n) is 7.05. The van der Waals surface area contributed by atoms with Crippen molar-refractivity contribution in [3.8, 4) is 0 Å². The van der Waals surface area contributed by atoms with E-state index in [0.29, 0.717) is 0 Å². The van der Waals surface area contributed by atoms with Gasteiger partial charge in [-0.1, -0.05) is 18.9 Å². The summed E-state index contributed by atoms with van der Waals surface area (Å²) in [5, 5.41) is 9.57. The second-order valence-electron chi connectivity index (χ2n) is 3.16. The Bertz CT molecular complexity index is 136. The largest absolute Gasteiger partial charge is 0.386 e. The fourth-order valence-electron chi connectivity index (χ4n) is 1.81. The van der Waals surface area contributed by atoms with E-state index in [9.17, 15) is 5.11 Å². The van der Waals surface area contributed by atoms with E-state index in [2.05, 4.69) is 6.58 Å². The van der Waals surface area contributed by atoms with Gasteiger partial charge in [0.05, 0.1) is 5.60 Å². The Kier molecular flexibility index (Phi) is 2.68. The quantitative estimate of drug-likeness (QED) is 0.627. The van der Waals surface area contributed by atoms with E-state index in [4.69, 9.17) is 4.74 Å². The third kappa shape index (κ3) is 1.47. The lowest BCUT2D eigenvalue weighted by Gasteiger charge is -2.30. The summed E-state index contributed by atoms with van der Waals surface area (Å²) in [5.74, 6) is 0. The molecule has 0 aliphatic heterocycles. The van der Waals surface area contributed by atoms with Gasteiger partial charge in [0.25, 0.3) is 0 Å². The molecule has 1 N–H and O–H groups in total. The lowest BCUT2D eigenvalue weighted by atomic mass is 9.95. The summed E-state index contributed by atoms with van der Waals surface area (Å²) >= 11 is 0. The molecule has 11 heavy (non-hydrogen) atoms. The molecular formula is C9H16O2. The Morgan fingerprint density at radius 3 is 2.45 bits per heavy atom. The predicted molar refractivity (Wildman–Crippen MR) is 44.4 cm³/mol. The highest BCUT2D eigenvalue weighted by Crippen LogP contribution is 2.35. The van der Waals surface area contributed by atoms with Crippen LogP contribution in [0.3, 0.4) is 0 Å². The van der Waals surface area contributed by atoms with Crippen LogP contribution >= 0.6 is 0 Å². The van der Waals surface area contributed by atoms with Crippen LogP contribution < -0.4 is 0 Å². The second-order valence-corrected chi connectivity index (χ2v) is 3.16. The second kappa shape index (κ2) is 3.37. The molecule has 1 rings (SSSR count). The van der Waals surface area contributed by atoms with Crippen LogP contribution in [0.15, 0.2) is 12.7 Å². The maximum absolute atomic E-state index is 9.57. The predicted octanol–water partition coefficient (Wildman–Crippen LogP) is 1.49. The van der Waals surface area contributed by atoms with Gasteiger partial charge in [-0.3, -0.25) is 0 Å². The number of ether oxygens (including phenoxy) is 1. The smallest absolute Gasteiger partial charge is 0.101 e. The minimum Gasteiger partial charge on any atom is -0.386 e. The van der Waals surface area contributed by atoms with E-state index in [0.717, 1.165) is 25.7 Å². The van der Waals surface area contributed by atoms with Gasteiger partial charge in [-0.15, -0.1) is 6.58 Å². The number of hydrogen-bond donors (Lipinski definition) is 1. The van der Waals surface area contributed by atoms with Gasteiger partial charge >= 0.3 is 0 Å². The van der Waals surface area contributed by atoms with Crippen LogP contribution in [-0.4, -0.2) is 23.9 Å². The molecule has 64 valence electrons.